The van der Waals surface area contributed by atoms with Crippen molar-refractivity contribution in [3.63, 3.8) is 0 Å². The number of aryl methyl sites for hydroxylation is 1. The number of nitrogens with zero attached hydrogens (tertiary/aromatic N) is 2. The molecule has 212 valence electrons. The summed E-state index contributed by atoms with van der Waals surface area (Å²) in [4.78, 5) is 18.2. The van der Waals surface area contributed by atoms with Gasteiger partial charge >= 0.3 is 5.97 Å². The maximum Gasteiger partial charge on any atom is 0.306 e. The highest BCUT2D eigenvalue weighted by atomic mass is 16.5. The van der Waals surface area contributed by atoms with Gasteiger partial charge in [0.05, 0.1) is 13.0 Å². The number of hydrogen-bond acceptors (Lipinski definition) is 5. The van der Waals surface area contributed by atoms with Gasteiger partial charge in [-0.2, -0.15) is 0 Å². The maximum atomic E-state index is 11.3. The van der Waals surface area contributed by atoms with Crippen LogP contribution in [-0.4, -0.2) is 41.2 Å². The normalized spacial score (nSPS) is 19.4. The fourth-order valence-electron chi connectivity index (χ4n) is 5.62. The molecule has 40 heavy (non-hydrogen) atoms. The third-order valence-electron chi connectivity index (χ3n) is 8.23. The lowest BCUT2D eigenvalue weighted by Crippen LogP contribution is -2.24. The zero-order valence-corrected chi connectivity index (χ0v) is 24.1. The van der Waals surface area contributed by atoms with Gasteiger partial charge in [0, 0.05) is 18.3 Å². The number of rotatable bonds is 8. The highest BCUT2D eigenvalue weighted by molar-refractivity contribution is 5.70. The monoisotopic (exact) mass is 542 g/mol. The van der Waals surface area contributed by atoms with Crippen molar-refractivity contribution >= 4 is 5.97 Å². The molecule has 0 bridgehead atoms. The summed E-state index contributed by atoms with van der Waals surface area (Å²) in [5, 5.41) is 9.31. The van der Waals surface area contributed by atoms with Crippen LogP contribution in [0.15, 0.2) is 54.7 Å². The summed E-state index contributed by atoms with van der Waals surface area (Å²) in [6.45, 7) is 6.29. The van der Waals surface area contributed by atoms with Gasteiger partial charge in [0.25, 0.3) is 0 Å². The average molecular weight is 543 g/mol. The van der Waals surface area contributed by atoms with E-state index in [9.17, 15) is 9.90 Å². The second-order valence-corrected chi connectivity index (χ2v) is 11.4. The van der Waals surface area contributed by atoms with Crippen LogP contribution >= 0.6 is 0 Å². The Bertz CT molecular complexity index is 1310. The van der Waals surface area contributed by atoms with Crippen LogP contribution in [0.2, 0.25) is 0 Å². The van der Waals surface area contributed by atoms with E-state index in [1.807, 2.05) is 24.3 Å². The largest absolute Gasteiger partial charge is 0.485 e. The number of aromatic nitrogens is 1. The van der Waals surface area contributed by atoms with Gasteiger partial charge in [-0.25, -0.2) is 4.98 Å². The topological polar surface area (TPSA) is 71.9 Å². The minimum absolute atomic E-state index is 0.0369. The van der Waals surface area contributed by atoms with Crippen molar-refractivity contribution in [2.75, 3.05) is 20.2 Å². The number of carboxylic acids is 1. The van der Waals surface area contributed by atoms with Crippen LogP contribution in [0, 0.1) is 5.92 Å². The molecule has 2 unspecified atom stereocenters. The minimum atomic E-state index is -0.775. The lowest BCUT2D eigenvalue weighted by atomic mass is 9.89. The van der Waals surface area contributed by atoms with E-state index in [1.165, 1.54) is 54.4 Å². The Kier molecular flexibility index (Phi) is 9.05. The lowest BCUT2D eigenvalue weighted by Gasteiger charge is -2.30. The summed E-state index contributed by atoms with van der Waals surface area (Å²) in [6, 6.07) is 17.2. The van der Waals surface area contributed by atoms with Crippen LogP contribution in [0.3, 0.4) is 0 Å². The number of methoxy groups -OCH3 is 1. The van der Waals surface area contributed by atoms with Gasteiger partial charge in [-0.05, 0) is 104 Å². The average Bonchev–Trinajstić information content (AvgIpc) is 3.78. The molecule has 1 aliphatic carbocycles. The Morgan fingerprint density at radius 2 is 1.82 bits per heavy atom. The molecule has 0 spiro atoms. The van der Waals surface area contributed by atoms with Crippen LogP contribution in [0.4, 0.5) is 0 Å². The Balaban J connectivity index is 0.00000101. The SMILES string of the molecule is C1CC1.COc1cc(-c2ccc([C@@H]3CCc4ccc(CC(C)C(=O)O)cc4O3)cc2C(C)N2CCCC2)ccn1. The quantitative estimate of drug-likeness (QED) is 0.319. The maximum absolute atomic E-state index is 11.3. The molecule has 1 saturated carbocycles. The highest BCUT2D eigenvalue weighted by Gasteiger charge is 2.26. The molecule has 1 N–H and O–H groups in total. The molecule has 6 heteroatoms. The molecular weight excluding hydrogens is 500 g/mol. The summed E-state index contributed by atoms with van der Waals surface area (Å²) in [5.74, 6) is 0.291. The third kappa shape index (κ3) is 6.84. The van der Waals surface area contributed by atoms with Crippen LogP contribution in [-0.2, 0) is 17.6 Å². The van der Waals surface area contributed by atoms with Gasteiger partial charge in [0.2, 0.25) is 5.88 Å². The van der Waals surface area contributed by atoms with Crippen molar-refractivity contribution in [1.82, 2.24) is 9.88 Å². The van der Waals surface area contributed by atoms with Gasteiger partial charge in [0.1, 0.15) is 11.9 Å². The number of fused-ring (bicyclic) bond motifs is 1. The molecule has 1 aromatic heterocycles. The van der Waals surface area contributed by atoms with Crippen molar-refractivity contribution in [3.05, 3.63) is 77.0 Å². The number of carbonyl (C=O) groups is 1. The first-order chi connectivity index (χ1) is 19.4. The van der Waals surface area contributed by atoms with Gasteiger partial charge < -0.3 is 14.6 Å². The minimum Gasteiger partial charge on any atom is -0.485 e. The molecule has 2 fully saturated rings. The van der Waals surface area contributed by atoms with Crippen LogP contribution in [0.5, 0.6) is 11.6 Å². The second-order valence-electron chi connectivity index (χ2n) is 11.4. The van der Waals surface area contributed by atoms with Crippen molar-refractivity contribution in [2.45, 2.75) is 77.4 Å². The zero-order valence-electron chi connectivity index (χ0n) is 24.1. The molecule has 2 aliphatic heterocycles. The van der Waals surface area contributed by atoms with E-state index in [0.717, 1.165) is 42.8 Å². The number of benzene rings is 2. The van der Waals surface area contributed by atoms with Crippen LogP contribution < -0.4 is 9.47 Å². The molecule has 3 aliphatic rings. The Labute approximate surface area is 238 Å². The van der Waals surface area contributed by atoms with E-state index in [0.29, 0.717) is 12.3 Å². The Hall–Kier alpha value is -3.38. The van der Waals surface area contributed by atoms with Crippen LogP contribution in [0.1, 0.15) is 86.8 Å². The smallest absolute Gasteiger partial charge is 0.306 e. The van der Waals surface area contributed by atoms with E-state index in [-0.39, 0.29) is 12.1 Å². The molecule has 0 radical (unpaired) electrons. The predicted octanol–water partition coefficient (Wildman–Crippen LogP) is 7.41. The van der Waals surface area contributed by atoms with Gasteiger partial charge in [-0.1, -0.05) is 50.5 Å². The third-order valence-corrected chi connectivity index (χ3v) is 8.23. The van der Waals surface area contributed by atoms with Gasteiger partial charge in [-0.3, -0.25) is 9.69 Å². The Morgan fingerprint density at radius 1 is 1.05 bits per heavy atom. The number of ether oxygens (including phenoxy) is 2. The zero-order chi connectivity index (χ0) is 28.1. The molecule has 3 atom stereocenters. The molecule has 6 nitrogen and oxygen atoms in total. The predicted molar refractivity (Wildman–Crippen MR) is 158 cm³/mol. The van der Waals surface area contributed by atoms with Crippen LogP contribution in [0.25, 0.3) is 11.1 Å². The number of carboxylic acid groups (broad SMARTS) is 1. The lowest BCUT2D eigenvalue weighted by molar-refractivity contribution is -0.141. The first-order valence-electron chi connectivity index (χ1n) is 14.8. The molecule has 3 aromatic rings. The van der Waals surface area contributed by atoms with Crippen molar-refractivity contribution in [3.8, 4) is 22.8 Å². The summed E-state index contributed by atoms with van der Waals surface area (Å²) < 4.78 is 12.0. The van der Waals surface area contributed by atoms with E-state index in [1.54, 1.807) is 20.2 Å². The molecule has 3 heterocycles. The summed E-state index contributed by atoms with van der Waals surface area (Å²) in [6.07, 6.45) is 11.1. The van der Waals surface area contributed by atoms with Crippen molar-refractivity contribution in [2.24, 2.45) is 5.92 Å². The first-order valence-corrected chi connectivity index (χ1v) is 14.8. The number of hydrogen-bond donors (Lipinski definition) is 1. The highest BCUT2D eigenvalue weighted by Crippen LogP contribution is 2.40. The van der Waals surface area contributed by atoms with E-state index < -0.39 is 11.9 Å². The molecular formula is C34H42N2O4. The van der Waals surface area contributed by atoms with Gasteiger partial charge in [-0.15, -0.1) is 0 Å². The molecule has 1 saturated heterocycles. The number of likely N-dealkylation sites (tertiary alicyclic amines) is 1. The summed E-state index contributed by atoms with van der Waals surface area (Å²) >= 11 is 0. The Morgan fingerprint density at radius 3 is 2.52 bits per heavy atom. The summed E-state index contributed by atoms with van der Waals surface area (Å²) in [5.41, 5.74) is 6.97. The van der Waals surface area contributed by atoms with Gasteiger partial charge in [0.15, 0.2) is 0 Å². The fourth-order valence-corrected chi connectivity index (χ4v) is 5.62. The van der Waals surface area contributed by atoms with E-state index in [4.69, 9.17) is 9.47 Å². The van der Waals surface area contributed by atoms with E-state index >= 15 is 0 Å². The first kappa shape index (κ1) is 28.2. The number of pyridine rings is 1. The van der Waals surface area contributed by atoms with E-state index in [2.05, 4.69) is 41.1 Å². The fraction of sp³-hybridized carbons (Fsp3) is 0.471. The number of aliphatic carboxylic acids is 1. The molecule has 0 amide bonds. The van der Waals surface area contributed by atoms with Crippen molar-refractivity contribution < 1.29 is 19.4 Å². The molecule has 2 aromatic carbocycles. The summed E-state index contributed by atoms with van der Waals surface area (Å²) in [7, 11) is 1.65. The second kappa shape index (κ2) is 12.9. The van der Waals surface area contributed by atoms with Crippen molar-refractivity contribution in [1.29, 1.82) is 0 Å². The molecule has 6 rings (SSSR count). The standard InChI is InChI=1S/C31H36N2O4.C3H6/c1-20(31(34)35)16-22-6-7-23-9-11-28(37-29(23)17-22)25-8-10-26(24-12-13-32-30(19-24)36-3)27(18-25)21(2)33-14-4-5-15-33;1-2-3-1/h6-8,10,12-13,17-21,28H,4-5,9,11,14-16H2,1-3H3,(H,34,35);1-3H2/t20?,21?,28-;/m0./s1.